The highest BCUT2D eigenvalue weighted by Gasteiger charge is 2.34. The summed E-state index contributed by atoms with van der Waals surface area (Å²) in [6.45, 7) is 1.92. The van der Waals surface area contributed by atoms with Crippen LogP contribution in [0.15, 0.2) is 34.2 Å². The van der Waals surface area contributed by atoms with Gasteiger partial charge < -0.3 is 15.6 Å². The van der Waals surface area contributed by atoms with Gasteiger partial charge in [-0.15, -0.1) is 0 Å². The molecule has 25 heavy (non-hydrogen) atoms. The van der Waals surface area contributed by atoms with Crippen molar-refractivity contribution in [1.82, 2.24) is 9.97 Å². The molecular weight excluding hydrogens is 364 g/mol. The van der Waals surface area contributed by atoms with Gasteiger partial charge in [0.2, 0.25) is 11.8 Å². The predicted octanol–water partition coefficient (Wildman–Crippen LogP) is 2.60. The molecule has 0 saturated heterocycles. The molecule has 1 aliphatic heterocycles. The molecule has 0 radical (unpaired) electrons. The van der Waals surface area contributed by atoms with E-state index in [1.807, 2.05) is 6.92 Å². The molecule has 1 aliphatic rings. The average molecular weight is 379 g/mol. The molecule has 1 aromatic carbocycles. The summed E-state index contributed by atoms with van der Waals surface area (Å²) in [5.74, 6) is -0.873. The van der Waals surface area contributed by atoms with Crippen LogP contribution in [0.2, 0.25) is 5.02 Å². The van der Waals surface area contributed by atoms with E-state index in [0.29, 0.717) is 21.6 Å². The summed E-state index contributed by atoms with van der Waals surface area (Å²) < 4.78 is 0. The number of halogens is 1. The largest absolute Gasteiger partial charge is 0.325 e. The van der Waals surface area contributed by atoms with Crippen LogP contribution < -0.4 is 16.2 Å². The third kappa shape index (κ3) is 3.85. The van der Waals surface area contributed by atoms with Gasteiger partial charge in [-0.2, -0.15) is 0 Å². The Hall–Kier alpha value is -2.32. The number of aromatic amines is 1. The Kier molecular flexibility index (Phi) is 5.10. The zero-order valence-corrected chi connectivity index (χ0v) is 14.8. The van der Waals surface area contributed by atoms with E-state index in [-0.39, 0.29) is 23.7 Å². The van der Waals surface area contributed by atoms with Crippen molar-refractivity contribution in [2.45, 2.75) is 24.4 Å². The molecule has 3 N–H and O–H groups in total. The lowest BCUT2D eigenvalue weighted by Gasteiger charge is -2.23. The van der Waals surface area contributed by atoms with E-state index in [2.05, 4.69) is 20.6 Å². The van der Waals surface area contributed by atoms with E-state index in [9.17, 15) is 14.4 Å². The highest BCUT2D eigenvalue weighted by Crippen LogP contribution is 2.30. The van der Waals surface area contributed by atoms with Crippen molar-refractivity contribution in [3.8, 4) is 0 Å². The molecule has 130 valence electrons. The molecule has 1 atom stereocenters. The van der Waals surface area contributed by atoms with Gasteiger partial charge in [-0.05, 0) is 24.0 Å². The van der Waals surface area contributed by atoms with Crippen LogP contribution in [-0.4, -0.2) is 27.5 Å². The van der Waals surface area contributed by atoms with Gasteiger partial charge in [0.25, 0.3) is 5.56 Å². The molecule has 0 spiro atoms. The number of carbonyl (C=O) groups excluding carboxylic acids is 2. The van der Waals surface area contributed by atoms with Crippen LogP contribution in [-0.2, 0) is 9.59 Å². The molecule has 9 heteroatoms. The maximum absolute atomic E-state index is 12.6. The van der Waals surface area contributed by atoms with Crippen molar-refractivity contribution in [3.05, 3.63) is 45.2 Å². The van der Waals surface area contributed by atoms with Crippen molar-refractivity contribution in [1.29, 1.82) is 0 Å². The number of rotatable bonds is 4. The molecule has 0 bridgehead atoms. The minimum absolute atomic E-state index is 0.121. The molecule has 0 unspecified atom stereocenters. The molecule has 3 rings (SSSR count). The topological polar surface area (TPSA) is 104 Å². The van der Waals surface area contributed by atoms with Gasteiger partial charge in [-0.1, -0.05) is 36.4 Å². The number of nitrogens with one attached hydrogen (secondary N) is 3. The molecule has 2 aromatic rings. The zero-order chi connectivity index (χ0) is 18.0. The SMILES string of the molecule is CCSc1nc2c(c(=O)[nH]1)[C@H](C(=O)Nc1cccc(Cl)c1)CC(=O)N2. The summed E-state index contributed by atoms with van der Waals surface area (Å²) in [5, 5.41) is 6.14. The number of H-pyrrole nitrogens is 1. The standard InChI is InChI=1S/C16H15ClN4O3S/c1-2-25-16-20-13-12(15(24)21-16)10(7-11(22)19-13)14(23)18-9-5-3-4-8(17)6-9/h3-6,10H,2,7H2,1H3,(H,18,23)(H2,19,20,21,22,24)/t10-/m1/s1. The molecule has 2 amide bonds. The second-order valence-electron chi connectivity index (χ2n) is 5.37. The number of anilines is 2. The van der Waals surface area contributed by atoms with E-state index >= 15 is 0 Å². The van der Waals surface area contributed by atoms with Crippen molar-refractivity contribution < 1.29 is 9.59 Å². The molecule has 1 aromatic heterocycles. The van der Waals surface area contributed by atoms with Crippen molar-refractivity contribution in [3.63, 3.8) is 0 Å². The Bertz CT molecular complexity index is 899. The highest BCUT2D eigenvalue weighted by molar-refractivity contribution is 7.99. The van der Waals surface area contributed by atoms with Gasteiger partial charge in [-0.25, -0.2) is 4.98 Å². The molecule has 0 aliphatic carbocycles. The fraction of sp³-hybridized carbons (Fsp3) is 0.250. The van der Waals surface area contributed by atoms with E-state index < -0.39 is 17.4 Å². The van der Waals surface area contributed by atoms with Gasteiger partial charge in [-0.3, -0.25) is 14.4 Å². The van der Waals surface area contributed by atoms with Crippen molar-refractivity contribution in [2.24, 2.45) is 0 Å². The van der Waals surface area contributed by atoms with E-state index in [1.54, 1.807) is 24.3 Å². The van der Waals surface area contributed by atoms with Crippen LogP contribution in [0.1, 0.15) is 24.8 Å². The zero-order valence-electron chi connectivity index (χ0n) is 13.3. The molecular formula is C16H15ClN4O3S. The summed E-state index contributed by atoms with van der Waals surface area (Å²) >= 11 is 7.25. The van der Waals surface area contributed by atoms with Gasteiger partial charge >= 0.3 is 0 Å². The summed E-state index contributed by atoms with van der Waals surface area (Å²) in [5.41, 5.74) is 0.236. The van der Waals surface area contributed by atoms with E-state index in [1.165, 1.54) is 11.8 Å². The minimum atomic E-state index is -0.917. The number of hydrogen-bond acceptors (Lipinski definition) is 5. The lowest BCUT2D eigenvalue weighted by Crippen LogP contribution is -2.36. The van der Waals surface area contributed by atoms with Gasteiger partial charge in [0.15, 0.2) is 5.16 Å². The average Bonchev–Trinajstić information content (AvgIpc) is 2.54. The second-order valence-corrected chi connectivity index (χ2v) is 7.06. The Labute approximate surface area is 152 Å². The maximum Gasteiger partial charge on any atom is 0.257 e. The summed E-state index contributed by atoms with van der Waals surface area (Å²) in [4.78, 5) is 43.9. The minimum Gasteiger partial charge on any atom is -0.325 e. The lowest BCUT2D eigenvalue weighted by atomic mass is 9.92. The molecule has 7 nitrogen and oxygen atoms in total. The Morgan fingerprint density at radius 2 is 2.24 bits per heavy atom. The van der Waals surface area contributed by atoms with Crippen molar-refractivity contribution >= 4 is 46.7 Å². The summed E-state index contributed by atoms with van der Waals surface area (Å²) in [6.07, 6.45) is -0.121. The first-order valence-electron chi connectivity index (χ1n) is 7.61. The van der Waals surface area contributed by atoms with E-state index in [4.69, 9.17) is 11.6 Å². The third-order valence-corrected chi connectivity index (χ3v) is 4.61. The fourth-order valence-corrected chi connectivity index (χ4v) is 3.36. The number of nitrogens with zero attached hydrogens (tertiary/aromatic N) is 1. The number of thioether (sulfide) groups is 1. The van der Waals surface area contributed by atoms with E-state index in [0.717, 1.165) is 0 Å². The molecule has 0 saturated carbocycles. The lowest BCUT2D eigenvalue weighted by molar-refractivity contribution is -0.123. The monoisotopic (exact) mass is 378 g/mol. The maximum atomic E-state index is 12.6. The third-order valence-electron chi connectivity index (χ3n) is 3.62. The van der Waals surface area contributed by atoms with Crippen LogP contribution in [0.5, 0.6) is 0 Å². The highest BCUT2D eigenvalue weighted by atomic mass is 35.5. The number of hydrogen-bond donors (Lipinski definition) is 3. The first-order chi connectivity index (χ1) is 12.0. The number of benzene rings is 1. The Morgan fingerprint density at radius 1 is 1.44 bits per heavy atom. The van der Waals surface area contributed by atoms with Crippen LogP contribution in [0.3, 0.4) is 0 Å². The Balaban J connectivity index is 1.94. The van der Waals surface area contributed by atoms with Crippen LogP contribution in [0, 0.1) is 0 Å². The van der Waals surface area contributed by atoms with Gasteiger partial charge in [0.05, 0.1) is 11.5 Å². The predicted molar refractivity (Wildman–Crippen MR) is 97.3 cm³/mol. The van der Waals surface area contributed by atoms with Crippen LogP contribution >= 0.6 is 23.4 Å². The number of carbonyl (C=O) groups is 2. The number of amides is 2. The first-order valence-corrected chi connectivity index (χ1v) is 8.97. The quantitative estimate of drug-likeness (QED) is 0.560. The Morgan fingerprint density at radius 3 is 2.96 bits per heavy atom. The van der Waals surface area contributed by atoms with Crippen molar-refractivity contribution in [2.75, 3.05) is 16.4 Å². The summed E-state index contributed by atoms with van der Waals surface area (Å²) in [6, 6.07) is 6.65. The van der Waals surface area contributed by atoms with Gasteiger partial charge in [0, 0.05) is 17.1 Å². The van der Waals surface area contributed by atoms with Gasteiger partial charge in [0.1, 0.15) is 5.82 Å². The first kappa shape index (κ1) is 17.5. The van der Waals surface area contributed by atoms with Crippen LogP contribution in [0.25, 0.3) is 0 Å². The van der Waals surface area contributed by atoms with Crippen LogP contribution in [0.4, 0.5) is 11.5 Å². The molecule has 0 fully saturated rings. The number of aromatic nitrogens is 2. The fourth-order valence-electron chi connectivity index (χ4n) is 2.58. The second kappa shape index (κ2) is 7.28. The number of fused-ring (bicyclic) bond motifs is 1. The smallest absolute Gasteiger partial charge is 0.257 e. The summed E-state index contributed by atoms with van der Waals surface area (Å²) in [7, 11) is 0. The normalized spacial score (nSPS) is 16.1. The molecule has 2 heterocycles.